The number of ether oxygens (including phenoxy) is 1. The van der Waals surface area contributed by atoms with Crippen molar-refractivity contribution in [1.29, 1.82) is 0 Å². The average molecular weight is 306 g/mol. The first-order chi connectivity index (χ1) is 10.7. The van der Waals surface area contributed by atoms with E-state index in [0.29, 0.717) is 6.61 Å². The lowest BCUT2D eigenvalue weighted by atomic mass is 9.69. The fourth-order valence-electron chi connectivity index (χ4n) is 4.76. The largest absolute Gasteiger partial charge is 0.391 e. The van der Waals surface area contributed by atoms with E-state index in [1.165, 1.54) is 51.4 Å². The maximum absolute atomic E-state index is 9.46. The van der Waals surface area contributed by atoms with Gasteiger partial charge in [0, 0.05) is 0 Å². The highest BCUT2D eigenvalue weighted by Gasteiger charge is 2.29. The Kier molecular flexibility index (Phi) is 5.98. The van der Waals surface area contributed by atoms with Crippen LogP contribution in [0.15, 0.2) is 12.2 Å². The van der Waals surface area contributed by atoms with Crippen LogP contribution in [0.25, 0.3) is 0 Å². The minimum absolute atomic E-state index is 0.238. The van der Waals surface area contributed by atoms with Crippen molar-refractivity contribution in [2.75, 3.05) is 6.61 Å². The van der Waals surface area contributed by atoms with Crippen LogP contribution in [-0.2, 0) is 4.74 Å². The molecule has 0 amide bonds. The lowest BCUT2D eigenvalue weighted by Gasteiger charge is -2.36. The third-order valence-electron chi connectivity index (χ3n) is 6.43. The Morgan fingerprint density at radius 1 is 0.773 bits per heavy atom. The Labute approximate surface area is 136 Å². The average Bonchev–Trinajstić information content (AvgIpc) is 2.56. The molecule has 1 heterocycles. The normalized spacial score (nSPS) is 44.3. The molecule has 3 rings (SSSR count). The van der Waals surface area contributed by atoms with Gasteiger partial charge in [-0.1, -0.05) is 31.9 Å². The van der Waals surface area contributed by atoms with Gasteiger partial charge in [-0.3, -0.25) is 0 Å². The first kappa shape index (κ1) is 16.5. The van der Waals surface area contributed by atoms with Crippen molar-refractivity contribution in [3.63, 3.8) is 0 Å². The van der Waals surface area contributed by atoms with Gasteiger partial charge in [0.25, 0.3) is 0 Å². The SMILES string of the molecule is CC1CCC(C2CCC(/C=C/C3CCC(O)CO3)CC2)CC1. The molecule has 0 radical (unpaired) electrons. The summed E-state index contributed by atoms with van der Waals surface area (Å²) >= 11 is 0. The van der Waals surface area contributed by atoms with Crippen LogP contribution >= 0.6 is 0 Å². The monoisotopic (exact) mass is 306 g/mol. The van der Waals surface area contributed by atoms with E-state index in [1.807, 2.05) is 0 Å². The zero-order valence-corrected chi connectivity index (χ0v) is 14.3. The summed E-state index contributed by atoms with van der Waals surface area (Å²) in [6.45, 7) is 2.94. The van der Waals surface area contributed by atoms with Crippen LogP contribution in [0.3, 0.4) is 0 Å². The highest BCUT2D eigenvalue weighted by molar-refractivity contribution is 4.97. The first-order valence-corrected chi connectivity index (χ1v) is 9.68. The molecule has 0 spiro atoms. The molecular weight excluding hydrogens is 272 g/mol. The second-order valence-electron chi connectivity index (χ2n) is 8.18. The van der Waals surface area contributed by atoms with Gasteiger partial charge in [0.15, 0.2) is 0 Å². The Balaban J connectivity index is 1.38. The maximum atomic E-state index is 9.46. The number of aliphatic hydroxyl groups is 1. The van der Waals surface area contributed by atoms with Crippen molar-refractivity contribution in [1.82, 2.24) is 0 Å². The van der Waals surface area contributed by atoms with Gasteiger partial charge in [-0.2, -0.15) is 0 Å². The zero-order chi connectivity index (χ0) is 15.4. The highest BCUT2D eigenvalue weighted by atomic mass is 16.5. The Hall–Kier alpha value is -0.340. The minimum atomic E-state index is -0.238. The van der Waals surface area contributed by atoms with Crippen molar-refractivity contribution in [3.05, 3.63) is 12.2 Å². The number of aliphatic hydroxyl groups excluding tert-OH is 1. The summed E-state index contributed by atoms with van der Waals surface area (Å²) in [5.41, 5.74) is 0. The topological polar surface area (TPSA) is 29.5 Å². The molecule has 126 valence electrons. The summed E-state index contributed by atoms with van der Waals surface area (Å²) in [5.74, 6) is 3.79. The maximum Gasteiger partial charge on any atom is 0.0775 e. The van der Waals surface area contributed by atoms with Gasteiger partial charge in [-0.25, -0.2) is 0 Å². The predicted octanol–water partition coefficient (Wildman–Crippen LogP) is 4.72. The number of hydrogen-bond donors (Lipinski definition) is 1. The molecule has 0 aromatic carbocycles. The molecule has 1 saturated heterocycles. The van der Waals surface area contributed by atoms with E-state index in [1.54, 1.807) is 0 Å². The standard InChI is InChI=1S/C20H34O2/c1-15-2-7-17(8-3-15)18-9-4-16(5-10-18)6-12-20-13-11-19(21)14-22-20/h6,12,15-21H,2-5,7-11,13-14H2,1H3/b12-6+. The molecule has 2 saturated carbocycles. The third-order valence-corrected chi connectivity index (χ3v) is 6.43. The Bertz CT molecular complexity index is 341. The molecule has 0 bridgehead atoms. The van der Waals surface area contributed by atoms with Crippen LogP contribution in [0.4, 0.5) is 0 Å². The van der Waals surface area contributed by atoms with Gasteiger partial charge in [0.1, 0.15) is 0 Å². The van der Waals surface area contributed by atoms with Crippen LogP contribution in [0, 0.1) is 23.7 Å². The van der Waals surface area contributed by atoms with Crippen molar-refractivity contribution in [2.24, 2.45) is 23.7 Å². The van der Waals surface area contributed by atoms with Crippen LogP contribution in [0.5, 0.6) is 0 Å². The summed E-state index contributed by atoms with van der Waals surface area (Å²) in [6.07, 6.45) is 18.1. The van der Waals surface area contributed by atoms with Crippen LogP contribution in [0.1, 0.15) is 71.1 Å². The Morgan fingerprint density at radius 3 is 2.00 bits per heavy atom. The van der Waals surface area contributed by atoms with Crippen molar-refractivity contribution >= 4 is 0 Å². The van der Waals surface area contributed by atoms with Crippen LogP contribution in [-0.4, -0.2) is 23.9 Å². The third kappa shape index (κ3) is 4.58. The van der Waals surface area contributed by atoms with Gasteiger partial charge in [-0.05, 0) is 75.0 Å². The predicted molar refractivity (Wildman–Crippen MR) is 90.7 cm³/mol. The van der Waals surface area contributed by atoms with E-state index >= 15 is 0 Å². The molecule has 2 unspecified atom stereocenters. The van der Waals surface area contributed by atoms with Crippen molar-refractivity contribution < 1.29 is 9.84 Å². The second-order valence-corrected chi connectivity index (χ2v) is 8.18. The molecule has 22 heavy (non-hydrogen) atoms. The van der Waals surface area contributed by atoms with Crippen LogP contribution < -0.4 is 0 Å². The number of rotatable bonds is 3. The van der Waals surface area contributed by atoms with E-state index in [0.717, 1.165) is 36.5 Å². The fourth-order valence-corrected chi connectivity index (χ4v) is 4.76. The molecule has 2 heteroatoms. The zero-order valence-electron chi connectivity index (χ0n) is 14.3. The molecule has 0 aromatic heterocycles. The van der Waals surface area contributed by atoms with E-state index in [9.17, 15) is 5.11 Å². The molecule has 1 N–H and O–H groups in total. The molecule has 3 fully saturated rings. The minimum Gasteiger partial charge on any atom is -0.391 e. The lowest BCUT2D eigenvalue weighted by molar-refractivity contribution is -0.0360. The van der Waals surface area contributed by atoms with Gasteiger partial charge >= 0.3 is 0 Å². The smallest absolute Gasteiger partial charge is 0.0775 e. The first-order valence-electron chi connectivity index (χ1n) is 9.68. The molecule has 1 aliphatic heterocycles. The molecule has 2 aliphatic carbocycles. The van der Waals surface area contributed by atoms with E-state index in [2.05, 4.69) is 19.1 Å². The van der Waals surface area contributed by atoms with E-state index < -0.39 is 0 Å². The van der Waals surface area contributed by atoms with Gasteiger partial charge in [0.2, 0.25) is 0 Å². The summed E-state index contributed by atoms with van der Waals surface area (Å²) in [7, 11) is 0. The summed E-state index contributed by atoms with van der Waals surface area (Å²) < 4.78 is 5.67. The van der Waals surface area contributed by atoms with Crippen LogP contribution in [0.2, 0.25) is 0 Å². The Morgan fingerprint density at radius 2 is 1.41 bits per heavy atom. The second kappa shape index (κ2) is 7.97. The van der Waals surface area contributed by atoms with Gasteiger partial charge in [-0.15, -0.1) is 0 Å². The molecule has 3 aliphatic rings. The molecule has 2 atom stereocenters. The summed E-state index contributed by atoms with van der Waals surface area (Å²) in [4.78, 5) is 0. The summed E-state index contributed by atoms with van der Waals surface area (Å²) in [5, 5.41) is 9.46. The van der Waals surface area contributed by atoms with Gasteiger partial charge in [0.05, 0.1) is 18.8 Å². The summed E-state index contributed by atoms with van der Waals surface area (Å²) in [6, 6.07) is 0. The molecule has 2 nitrogen and oxygen atoms in total. The quantitative estimate of drug-likeness (QED) is 0.765. The fraction of sp³-hybridized carbons (Fsp3) is 0.900. The number of allylic oxidation sites excluding steroid dienone is 1. The van der Waals surface area contributed by atoms with Crippen molar-refractivity contribution in [3.8, 4) is 0 Å². The highest BCUT2D eigenvalue weighted by Crippen LogP contribution is 2.41. The van der Waals surface area contributed by atoms with Crippen molar-refractivity contribution in [2.45, 2.75) is 83.3 Å². The lowest BCUT2D eigenvalue weighted by Crippen LogP contribution is -2.28. The van der Waals surface area contributed by atoms with Gasteiger partial charge < -0.3 is 9.84 Å². The number of hydrogen-bond acceptors (Lipinski definition) is 2. The molecule has 0 aromatic rings. The van der Waals surface area contributed by atoms with E-state index in [4.69, 9.17) is 4.74 Å². The molecular formula is C20H34O2. The van der Waals surface area contributed by atoms with E-state index in [-0.39, 0.29) is 12.2 Å².